The van der Waals surface area contributed by atoms with E-state index in [2.05, 4.69) is 20.1 Å². The van der Waals surface area contributed by atoms with Crippen molar-refractivity contribution < 1.29 is 13.9 Å². The lowest BCUT2D eigenvalue weighted by Gasteiger charge is -2.36. The van der Waals surface area contributed by atoms with Crippen LogP contribution in [0.1, 0.15) is 11.4 Å². The Morgan fingerprint density at radius 1 is 1.03 bits per heavy atom. The van der Waals surface area contributed by atoms with Crippen LogP contribution in [-0.2, 0) is 6.54 Å². The lowest BCUT2D eigenvalue weighted by atomic mass is 10.2. The first-order valence-electron chi connectivity index (χ1n) is 11.0. The van der Waals surface area contributed by atoms with Crippen LogP contribution in [0.3, 0.4) is 0 Å². The summed E-state index contributed by atoms with van der Waals surface area (Å²) >= 11 is 5.67. The Labute approximate surface area is 196 Å². The monoisotopic (exact) mass is 461 g/mol. The number of nitrogens with one attached hydrogen (secondary N) is 1. The molecule has 1 N–H and O–H groups in total. The van der Waals surface area contributed by atoms with E-state index in [0.717, 1.165) is 82.1 Å². The van der Waals surface area contributed by atoms with E-state index >= 15 is 0 Å². The summed E-state index contributed by atoms with van der Waals surface area (Å²) in [6.07, 6.45) is 0. The van der Waals surface area contributed by atoms with E-state index in [1.54, 1.807) is 0 Å². The molecule has 0 spiro atoms. The Balaban J connectivity index is 1.13. The van der Waals surface area contributed by atoms with Crippen LogP contribution in [0.25, 0.3) is 22.1 Å². The number of aryl methyl sites for hydroxylation is 1. The summed E-state index contributed by atoms with van der Waals surface area (Å²) in [5, 5.41) is 5.14. The molecule has 0 saturated carbocycles. The van der Waals surface area contributed by atoms with Crippen molar-refractivity contribution in [2.75, 3.05) is 37.9 Å². The molecule has 0 radical (unpaired) electrons. The first-order valence-corrected chi connectivity index (χ1v) is 11.4. The average Bonchev–Trinajstić information content (AvgIpc) is 3.46. The van der Waals surface area contributed by atoms with Crippen LogP contribution >= 0.6 is 12.2 Å². The van der Waals surface area contributed by atoms with Crippen LogP contribution in [0.15, 0.2) is 46.9 Å². The van der Waals surface area contributed by atoms with E-state index in [1.807, 2.05) is 49.4 Å². The molecule has 1 fully saturated rings. The normalized spacial score (nSPS) is 15.4. The van der Waals surface area contributed by atoms with Crippen molar-refractivity contribution in [2.45, 2.75) is 13.5 Å². The lowest BCUT2D eigenvalue weighted by molar-refractivity contribution is 0.174. The molecule has 2 aliphatic rings. The standard InChI is InChI=1S/C24H23N5O3S/c1-15-26-21-17-4-2-3-5-18(17)32-22(21)23(27-15)28-8-10-29(11-9-28)24(33)25-13-16-6-7-19-20(12-16)31-14-30-19/h2-7,12H,8-11,13-14H2,1H3,(H,25,33). The fourth-order valence-electron chi connectivity index (χ4n) is 4.36. The molecule has 2 aliphatic heterocycles. The van der Waals surface area contributed by atoms with Crippen LogP contribution < -0.4 is 19.7 Å². The molecule has 2 aromatic heterocycles. The third-order valence-electron chi connectivity index (χ3n) is 6.06. The molecule has 9 heteroatoms. The highest BCUT2D eigenvalue weighted by atomic mass is 32.1. The van der Waals surface area contributed by atoms with Crippen molar-refractivity contribution in [3.05, 3.63) is 53.9 Å². The number of benzene rings is 2. The molecule has 0 bridgehead atoms. The number of aromatic nitrogens is 2. The zero-order chi connectivity index (χ0) is 22.4. The van der Waals surface area contributed by atoms with Gasteiger partial charge < -0.3 is 29.0 Å². The van der Waals surface area contributed by atoms with Gasteiger partial charge in [0.25, 0.3) is 0 Å². The smallest absolute Gasteiger partial charge is 0.231 e. The minimum atomic E-state index is 0.279. The molecule has 2 aromatic carbocycles. The van der Waals surface area contributed by atoms with E-state index in [1.165, 1.54) is 0 Å². The van der Waals surface area contributed by atoms with Gasteiger partial charge in [0.05, 0.1) is 0 Å². The summed E-state index contributed by atoms with van der Waals surface area (Å²) in [4.78, 5) is 13.8. The van der Waals surface area contributed by atoms with Gasteiger partial charge in [-0.2, -0.15) is 0 Å². The Morgan fingerprint density at radius 2 is 1.85 bits per heavy atom. The molecule has 0 aliphatic carbocycles. The third-order valence-corrected chi connectivity index (χ3v) is 6.46. The predicted molar refractivity (Wildman–Crippen MR) is 130 cm³/mol. The molecular formula is C24H23N5O3S. The van der Waals surface area contributed by atoms with Gasteiger partial charge in [0.15, 0.2) is 28.0 Å². The second kappa shape index (κ2) is 8.08. The highest BCUT2D eigenvalue weighted by molar-refractivity contribution is 7.80. The van der Waals surface area contributed by atoms with Gasteiger partial charge in [0.2, 0.25) is 6.79 Å². The van der Waals surface area contributed by atoms with E-state index in [-0.39, 0.29) is 6.79 Å². The second-order valence-electron chi connectivity index (χ2n) is 8.19. The largest absolute Gasteiger partial charge is 0.454 e. The molecule has 0 unspecified atom stereocenters. The highest BCUT2D eigenvalue weighted by Crippen LogP contribution is 2.34. The summed E-state index contributed by atoms with van der Waals surface area (Å²) in [5.74, 6) is 3.17. The molecule has 33 heavy (non-hydrogen) atoms. The van der Waals surface area contributed by atoms with Crippen LogP contribution in [0, 0.1) is 6.92 Å². The van der Waals surface area contributed by atoms with E-state index < -0.39 is 0 Å². The SMILES string of the molecule is Cc1nc(N2CCN(C(=S)NCc3ccc4c(c3)OCO4)CC2)c2oc3ccccc3c2n1. The van der Waals surface area contributed by atoms with Gasteiger partial charge in [0, 0.05) is 38.1 Å². The van der Waals surface area contributed by atoms with Crippen molar-refractivity contribution in [3.63, 3.8) is 0 Å². The quantitative estimate of drug-likeness (QED) is 0.461. The number of anilines is 1. The average molecular weight is 462 g/mol. The number of fused-ring (bicyclic) bond motifs is 4. The number of piperazine rings is 1. The summed E-state index contributed by atoms with van der Waals surface area (Å²) in [5.41, 5.74) is 3.56. The maximum absolute atomic E-state index is 6.15. The Bertz CT molecular complexity index is 1360. The van der Waals surface area contributed by atoms with Gasteiger partial charge in [-0.25, -0.2) is 9.97 Å². The van der Waals surface area contributed by atoms with E-state index in [4.69, 9.17) is 31.1 Å². The van der Waals surface area contributed by atoms with Gasteiger partial charge in [-0.05, 0) is 49.0 Å². The summed E-state index contributed by atoms with van der Waals surface area (Å²) in [7, 11) is 0. The molecule has 6 rings (SSSR count). The minimum Gasteiger partial charge on any atom is -0.454 e. The van der Waals surface area contributed by atoms with Gasteiger partial charge in [0.1, 0.15) is 16.9 Å². The number of hydrogen-bond donors (Lipinski definition) is 1. The first-order chi connectivity index (χ1) is 16.2. The highest BCUT2D eigenvalue weighted by Gasteiger charge is 2.24. The zero-order valence-corrected chi connectivity index (χ0v) is 19.0. The number of ether oxygens (including phenoxy) is 2. The molecule has 8 nitrogen and oxygen atoms in total. The van der Waals surface area contributed by atoms with Crippen LogP contribution in [0.5, 0.6) is 11.5 Å². The number of rotatable bonds is 3. The summed E-state index contributed by atoms with van der Waals surface area (Å²) in [6, 6.07) is 13.9. The van der Waals surface area contributed by atoms with Gasteiger partial charge in [-0.3, -0.25) is 0 Å². The van der Waals surface area contributed by atoms with Crippen molar-refractivity contribution in [2.24, 2.45) is 0 Å². The lowest BCUT2D eigenvalue weighted by Crippen LogP contribution is -2.51. The number of para-hydroxylation sites is 1. The Morgan fingerprint density at radius 3 is 2.73 bits per heavy atom. The van der Waals surface area contributed by atoms with Gasteiger partial charge in [-0.1, -0.05) is 18.2 Å². The number of furan rings is 1. The van der Waals surface area contributed by atoms with Crippen LogP contribution in [-0.4, -0.2) is 53.0 Å². The molecule has 0 amide bonds. The topological polar surface area (TPSA) is 75.9 Å². The van der Waals surface area contributed by atoms with Gasteiger partial charge in [-0.15, -0.1) is 0 Å². The maximum Gasteiger partial charge on any atom is 0.231 e. The summed E-state index contributed by atoms with van der Waals surface area (Å²) in [6.45, 7) is 6.05. The van der Waals surface area contributed by atoms with Crippen LogP contribution in [0.2, 0.25) is 0 Å². The zero-order valence-electron chi connectivity index (χ0n) is 18.2. The predicted octanol–water partition coefficient (Wildman–Crippen LogP) is 3.61. The fraction of sp³-hybridized carbons (Fsp3) is 0.292. The van der Waals surface area contributed by atoms with E-state index in [9.17, 15) is 0 Å². The minimum absolute atomic E-state index is 0.279. The van der Waals surface area contributed by atoms with E-state index in [0.29, 0.717) is 6.54 Å². The second-order valence-corrected chi connectivity index (χ2v) is 8.58. The number of thiocarbonyl (C=S) groups is 1. The van der Waals surface area contributed by atoms with Gasteiger partial charge >= 0.3 is 0 Å². The number of hydrogen-bond acceptors (Lipinski definition) is 7. The van der Waals surface area contributed by atoms with Crippen molar-refractivity contribution >= 4 is 45.2 Å². The Hall–Kier alpha value is -3.59. The molecule has 0 atom stereocenters. The Kier molecular flexibility index (Phi) is 4.91. The summed E-state index contributed by atoms with van der Waals surface area (Å²) < 4.78 is 17.0. The molecular weight excluding hydrogens is 438 g/mol. The fourth-order valence-corrected chi connectivity index (χ4v) is 4.62. The molecule has 4 heterocycles. The first kappa shape index (κ1) is 20.0. The molecule has 168 valence electrons. The third kappa shape index (κ3) is 3.68. The molecule has 4 aromatic rings. The van der Waals surface area contributed by atoms with Crippen molar-refractivity contribution in [1.29, 1.82) is 0 Å². The molecule has 1 saturated heterocycles. The maximum atomic E-state index is 6.15. The van der Waals surface area contributed by atoms with Crippen LogP contribution in [0.4, 0.5) is 5.82 Å². The van der Waals surface area contributed by atoms with Crippen molar-refractivity contribution in [1.82, 2.24) is 20.2 Å². The number of nitrogens with zero attached hydrogens (tertiary/aromatic N) is 4. The van der Waals surface area contributed by atoms with Crippen molar-refractivity contribution in [3.8, 4) is 11.5 Å².